The molecule has 0 amide bonds. The smallest absolute Gasteiger partial charge is 0.0345 e. The van der Waals surface area contributed by atoms with Gasteiger partial charge < -0.3 is 5.32 Å². The van der Waals surface area contributed by atoms with Crippen LogP contribution < -0.4 is 5.32 Å². The maximum Gasteiger partial charge on any atom is 0.0345 e. The maximum atomic E-state index is 3.61. The predicted molar refractivity (Wildman–Crippen MR) is 91.7 cm³/mol. The first kappa shape index (κ1) is 15.5. The molecule has 2 rings (SSSR count). The molecule has 110 valence electrons. The molecule has 0 saturated heterocycles. The summed E-state index contributed by atoms with van der Waals surface area (Å²) < 4.78 is 1.41. The van der Waals surface area contributed by atoms with Crippen LogP contribution in [0, 0.1) is 5.41 Å². The molecule has 0 radical (unpaired) electrons. The minimum Gasteiger partial charge on any atom is -0.314 e. The molecule has 1 unspecified atom stereocenters. The standard InChI is InChI=1S/C18H27NS/c1-5-10-19-14(2)11-18(3,4)12-15-13-20-17-9-7-6-8-16(15)17/h6-9,13-14,19H,5,10-12H2,1-4H3. The third-order valence-electron chi connectivity index (χ3n) is 3.83. The molecule has 1 heterocycles. The van der Waals surface area contributed by atoms with E-state index in [0.29, 0.717) is 11.5 Å². The summed E-state index contributed by atoms with van der Waals surface area (Å²) >= 11 is 1.87. The molecule has 0 saturated carbocycles. The second-order valence-corrected chi connectivity index (χ2v) is 7.57. The van der Waals surface area contributed by atoms with Crippen LogP contribution >= 0.6 is 11.3 Å². The molecule has 0 spiro atoms. The molecule has 20 heavy (non-hydrogen) atoms. The molecule has 1 aromatic carbocycles. The Balaban J connectivity index is 2.04. The van der Waals surface area contributed by atoms with E-state index >= 15 is 0 Å². The monoisotopic (exact) mass is 289 g/mol. The first-order valence-corrected chi connectivity index (χ1v) is 8.58. The summed E-state index contributed by atoms with van der Waals surface area (Å²) in [6.07, 6.45) is 3.59. The molecule has 1 N–H and O–H groups in total. The third kappa shape index (κ3) is 4.07. The van der Waals surface area contributed by atoms with Crippen LogP contribution in [0.3, 0.4) is 0 Å². The summed E-state index contributed by atoms with van der Waals surface area (Å²) in [5.74, 6) is 0. The largest absolute Gasteiger partial charge is 0.314 e. The Hall–Kier alpha value is -0.860. The highest BCUT2D eigenvalue weighted by Gasteiger charge is 2.22. The number of thiophene rings is 1. The summed E-state index contributed by atoms with van der Waals surface area (Å²) in [4.78, 5) is 0. The van der Waals surface area contributed by atoms with Crippen molar-refractivity contribution in [3.63, 3.8) is 0 Å². The van der Waals surface area contributed by atoms with Gasteiger partial charge in [0.2, 0.25) is 0 Å². The molecule has 1 nitrogen and oxygen atoms in total. The lowest BCUT2D eigenvalue weighted by molar-refractivity contribution is 0.288. The first-order valence-electron chi connectivity index (χ1n) is 7.70. The van der Waals surface area contributed by atoms with Crippen molar-refractivity contribution in [2.75, 3.05) is 6.54 Å². The fourth-order valence-electron chi connectivity index (χ4n) is 3.05. The van der Waals surface area contributed by atoms with E-state index in [1.54, 1.807) is 0 Å². The van der Waals surface area contributed by atoms with Crippen molar-refractivity contribution in [1.29, 1.82) is 0 Å². The zero-order valence-corrected chi connectivity index (χ0v) is 14.0. The van der Waals surface area contributed by atoms with Crippen LogP contribution in [-0.4, -0.2) is 12.6 Å². The SMILES string of the molecule is CCCNC(C)CC(C)(C)Cc1csc2ccccc12. The molecule has 1 aromatic heterocycles. The van der Waals surface area contributed by atoms with Crippen molar-refractivity contribution in [1.82, 2.24) is 5.32 Å². The summed E-state index contributed by atoms with van der Waals surface area (Å²) in [6, 6.07) is 9.36. The second kappa shape index (κ2) is 6.73. The molecular formula is C18H27NS. The van der Waals surface area contributed by atoms with E-state index < -0.39 is 0 Å². The van der Waals surface area contributed by atoms with Crippen LogP contribution in [0.1, 0.15) is 46.1 Å². The summed E-state index contributed by atoms with van der Waals surface area (Å²) in [5, 5.41) is 7.40. The van der Waals surface area contributed by atoms with Crippen LogP contribution in [0.5, 0.6) is 0 Å². The Kier molecular flexibility index (Phi) is 5.22. The highest BCUT2D eigenvalue weighted by molar-refractivity contribution is 7.17. The van der Waals surface area contributed by atoms with E-state index in [1.807, 2.05) is 11.3 Å². The fraction of sp³-hybridized carbons (Fsp3) is 0.556. The van der Waals surface area contributed by atoms with Gasteiger partial charge in [-0.1, -0.05) is 39.0 Å². The van der Waals surface area contributed by atoms with E-state index in [0.717, 1.165) is 13.0 Å². The lowest BCUT2D eigenvalue weighted by Gasteiger charge is -2.28. The van der Waals surface area contributed by atoms with E-state index in [-0.39, 0.29) is 0 Å². The first-order chi connectivity index (χ1) is 9.52. The number of rotatable bonds is 7. The zero-order valence-electron chi connectivity index (χ0n) is 13.2. The Labute approximate surface area is 127 Å². The summed E-state index contributed by atoms with van der Waals surface area (Å²) in [6.45, 7) is 10.4. The maximum absolute atomic E-state index is 3.61. The number of fused-ring (bicyclic) bond motifs is 1. The topological polar surface area (TPSA) is 12.0 Å². The number of benzene rings is 1. The van der Waals surface area contributed by atoms with Gasteiger partial charge in [0.15, 0.2) is 0 Å². The number of nitrogens with one attached hydrogen (secondary N) is 1. The number of hydrogen-bond acceptors (Lipinski definition) is 2. The van der Waals surface area contributed by atoms with Gasteiger partial charge in [0.05, 0.1) is 0 Å². The predicted octanol–water partition coefficient (Wildman–Crippen LogP) is 5.25. The van der Waals surface area contributed by atoms with Gasteiger partial charge in [-0.05, 0) is 60.5 Å². The van der Waals surface area contributed by atoms with Crippen molar-refractivity contribution < 1.29 is 0 Å². The third-order valence-corrected chi connectivity index (χ3v) is 4.84. The van der Waals surface area contributed by atoms with Gasteiger partial charge in [0, 0.05) is 10.7 Å². The van der Waals surface area contributed by atoms with Crippen LogP contribution in [0.15, 0.2) is 29.6 Å². The van der Waals surface area contributed by atoms with E-state index in [2.05, 4.69) is 62.7 Å². The average molecular weight is 289 g/mol. The lowest BCUT2D eigenvalue weighted by Crippen LogP contribution is -2.32. The fourth-order valence-corrected chi connectivity index (χ4v) is 4.01. The zero-order chi connectivity index (χ0) is 14.6. The number of hydrogen-bond donors (Lipinski definition) is 1. The van der Waals surface area contributed by atoms with E-state index in [9.17, 15) is 0 Å². The summed E-state index contributed by atoms with van der Waals surface area (Å²) in [5.41, 5.74) is 1.85. The van der Waals surface area contributed by atoms with Crippen LogP contribution in [0.25, 0.3) is 10.1 Å². The molecule has 2 heteroatoms. The average Bonchev–Trinajstić information content (AvgIpc) is 2.79. The Morgan fingerprint density at radius 2 is 2.00 bits per heavy atom. The summed E-state index contributed by atoms with van der Waals surface area (Å²) in [7, 11) is 0. The lowest BCUT2D eigenvalue weighted by atomic mass is 9.80. The highest BCUT2D eigenvalue weighted by atomic mass is 32.1. The van der Waals surface area contributed by atoms with E-state index in [4.69, 9.17) is 0 Å². The van der Waals surface area contributed by atoms with Crippen molar-refractivity contribution in [3.05, 3.63) is 35.2 Å². The van der Waals surface area contributed by atoms with Crippen molar-refractivity contribution in [2.45, 2.75) is 53.0 Å². The van der Waals surface area contributed by atoms with Crippen LogP contribution in [0.2, 0.25) is 0 Å². The van der Waals surface area contributed by atoms with E-state index in [1.165, 1.54) is 28.5 Å². The Morgan fingerprint density at radius 1 is 1.25 bits per heavy atom. The van der Waals surface area contributed by atoms with Gasteiger partial charge in [-0.25, -0.2) is 0 Å². The van der Waals surface area contributed by atoms with Crippen molar-refractivity contribution >= 4 is 21.4 Å². The Bertz CT molecular complexity index is 541. The normalized spacial score (nSPS) is 13.8. The van der Waals surface area contributed by atoms with Crippen molar-refractivity contribution in [2.24, 2.45) is 5.41 Å². The van der Waals surface area contributed by atoms with Gasteiger partial charge in [-0.15, -0.1) is 11.3 Å². The van der Waals surface area contributed by atoms with Crippen molar-refractivity contribution in [3.8, 4) is 0 Å². The minimum absolute atomic E-state index is 0.337. The highest BCUT2D eigenvalue weighted by Crippen LogP contribution is 2.33. The molecule has 0 aliphatic carbocycles. The molecule has 2 aromatic rings. The molecular weight excluding hydrogens is 262 g/mol. The Morgan fingerprint density at radius 3 is 2.75 bits per heavy atom. The van der Waals surface area contributed by atoms with Crippen LogP contribution in [-0.2, 0) is 6.42 Å². The molecule has 1 atom stereocenters. The molecule has 0 aliphatic heterocycles. The molecule has 0 bridgehead atoms. The minimum atomic E-state index is 0.337. The quantitative estimate of drug-likeness (QED) is 0.734. The van der Waals surface area contributed by atoms with Gasteiger partial charge in [0.1, 0.15) is 0 Å². The van der Waals surface area contributed by atoms with Crippen LogP contribution in [0.4, 0.5) is 0 Å². The van der Waals surface area contributed by atoms with Gasteiger partial charge in [0.25, 0.3) is 0 Å². The van der Waals surface area contributed by atoms with Gasteiger partial charge in [-0.2, -0.15) is 0 Å². The second-order valence-electron chi connectivity index (χ2n) is 6.66. The van der Waals surface area contributed by atoms with Gasteiger partial charge >= 0.3 is 0 Å². The molecule has 0 fully saturated rings. The molecule has 0 aliphatic rings. The van der Waals surface area contributed by atoms with Gasteiger partial charge in [-0.3, -0.25) is 0 Å².